The van der Waals surface area contributed by atoms with E-state index in [0.29, 0.717) is 52.5 Å². The SMILES string of the molecule is CC(C)(C)OC(=O)N1CC[C@H]1c1nn2ccc(Cl)c2c(=O)[nH]1.CC(C)(C)OC(=O)N1CC[C@H]1c1nn2ccc(Cl)c2c(=O)n1-c1ccccn1.O[n+]1ccccc1.S.S. The van der Waals surface area contributed by atoms with Crippen molar-refractivity contribution in [3.05, 3.63) is 122 Å². The standard InChI is InChI=1S/C19H20ClN5O3.C14H17ClN4O3.C5H6NO.2H2S/c1-19(2,3)28-18(27)23-10-8-13(23)16-22-24-11-7-12(20)15(24)17(26)25(16)14-6-4-5-9-21-14;1-14(2,3)22-13(21)18-6-5-9(18)11-16-12(20)10-8(15)4-7-19(10)17-11;7-6-4-2-1-3-5-6;;/h4-7,9,11,13H,8,10H2,1-3H3;4,7,9H,5-6H2,1-3H3,(H,16,17,20);1-5,7H;2*1H2/q;;+1;;/t13-;9-;;;/m00.../s1. The summed E-state index contributed by atoms with van der Waals surface area (Å²) < 4.78 is 16.1. The van der Waals surface area contributed by atoms with E-state index in [-0.39, 0.29) is 49.7 Å². The number of fused-ring (bicyclic) bond motifs is 2. The second kappa shape index (κ2) is 18.8. The summed E-state index contributed by atoms with van der Waals surface area (Å²) in [4.78, 5) is 60.2. The Bertz CT molecular complexity index is 2520. The molecule has 0 saturated carbocycles. The molecule has 59 heavy (non-hydrogen) atoms. The summed E-state index contributed by atoms with van der Waals surface area (Å²) in [6, 6.07) is 13.2. The number of pyridine rings is 2. The summed E-state index contributed by atoms with van der Waals surface area (Å²) >= 11 is 12.1. The van der Waals surface area contributed by atoms with Crippen molar-refractivity contribution in [2.45, 2.75) is 77.7 Å². The summed E-state index contributed by atoms with van der Waals surface area (Å²) in [5, 5.41) is 18.1. The van der Waals surface area contributed by atoms with Gasteiger partial charge in [0.05, 0.1) is 22.1 Å². The lowest BCUT2D eigenvalue weighted by Gasteiger charge is -2.41. The minimum Gasteiger partial charge on any atom is -0.444 e. The summed E-state index contributed by atoms with van der Waals surface area (Å²) in [6.07, 6.45) is 8.51. The van der Waals surface area contributed by atoms with Crippen LogP contribution in [-0.4, -0.2) is 85.2 Å². The number of carbonyl (C=O) groups excluding carboxylic acids is 2. The first-order valence-corrected chi connectivity index (χ1v) is 18.8. The van der Waals surface area contributed by atoms with Crippen LogP contribution in [0.25, 0.3) is 16.9 Å². The molecule has 6 aromatic rings. The monoisotopic (exact) mass is 889 g/mol. The Balaban J connectivity index is 0.000000221. The minimum absolute atomic E-state index is 0. The fraction of sp³-hybridized carbons (Fsp3) is 0.368. The molecule has 2 fully saturated rings. The van der Waals surface area contributed by atoms with E-state index in [9.17, 15) is 19.2 Å². The van der Waals surface area contributed by atoms with E-state index in [1.807, 2.05) is 47.6 Å². The molecule has 0 spiro atoms. The molecule has 17 nitrogen and oxygen atoms in total. The number of nitrogens with one attached hydrogen (secondary N) is 1. The molecule has 2 atom stereocenters. The van der Waals surface area contributed by atoms with Gasteiger partial charge < -0.3 is 14.5 Å². The van der Waals surface area contributed by atoms with Gasteiger partial charge in [-0.05, 0) is 78.6 Å². The molecule has 2 N–H and O–H groups in total. The summed E-state index contributed by atoms with van der Waals surface area (Å²) in [5.41, 5.74) is -1.27. The highest BCUT2D eigenvalue weighted by molar-refractivity contribution is 7.59. The Labute approximate surface area is 362 Å². The second-order valence-electron chi connectivity index (χ2n) is 15.2. The summed E-state index contributed by atoms with van der Waals surface area (Å²) in [5.74, 6) is 1.27. The van der Waals surface area contributed by atoms with Gasteiger partial charge in [0.2, 0.25) is 12.4 Å². The highest BCUT2D eigenvalue weighted by Crippen LogP contribution is 2.35. The van der Waals surface area contributed by atoms with Gasteiger partial charge >= 0.3 is 12.2 Å². The van der Waals surface area contributed by atoms with Crippen molar-refractivity contribution in [2.24, 2.45) is 0 Å². The van der Waals surface area contributed by atoms with E-state index < -0.39 is 29.4 Å². The number of H-pyrrole nitrogens is 1. The maximum absolute atomic E-state index is 13.2. The molecule has 2 amide bonds. The zero-order chi connectivity index (χ0) is 41.2. The number of hydrogen-bond donors (Lipinski definition) is 2. The van der Waals surface area contributed by atoms with E-state index in [1.54, 1.807) is 83.2 Å². The van der Waals surface area contributed by atoms with Crippen LogP contribution < -0.4 is 15.8 Å². The minimum atomic E-state index is -0.608. The highest BCUT2D eigenvalue weighted by atomic mass is 35.5. The molecule has 0 bridgehead atoms. The maximum atomic E-state index is 13.2. The largest absolute Gasteiger partial charge is 0.444 e. The number of hydrogen-bond acceptors (Lipinski definition) is 10. The smallest absolute Gasteiger partial charge is 0.410 e. The highest BCUT2D eigenvalue weighted by Gasteiger charge is 2.40. The molecular formula is C38H47Cl2N10O7S2+. The van der Waals surface area contributed by atoms with E-state index in [4.69, 9.17) is 37.9 Å². The van der Waals surface area contributed by atoms with Gasteiger partial charge in [0, 0.05) is 48.5 Å². The van der Waals surface area contributed by atoms with Crippen LogP contribution in [0.3, 0.4) is 0 Å². The molecule has 2 aliphatic rings. The lowest BCUT2D eigenvalue weighted by Crippen LogP contribution is -2.49. The third-order valence-corrected chi connectivity index (χ3v) is 9.25. The number of likely N-dealkylation sites (tertiary alicyclic amines) is 2. The number of nitrogens with zero attached hydrogens (tertiary/aromatic N) is 9. The number of rotatable bonds is 3. The zero-order valence-corrected chi connectivity index (χ0v) is 36.7. The van der Waals surface area contributed by atoms with E-state index in [1.165, 1.54) is 13.6 Å². The first kappa shape index (κ1) is 46.4. The quantitative estimate of drug-likeness (QED) is 0.158. The Hall–Kier alpha value is -5.24. The van der Waals surface area contributed by atoms with Gasteiger partial charge in [-0.3, -0.25) is 24.6 Å². The zero-order valence-electron chi connectivity index (χ0n) is 33.2. The van der Waals surface area contributed by atoms with Gasteiger partial charge in [0.1, 0.15) is 28.1 Å². The molecule has 8 heterocycles. The third-order valence-electron chi connectivity index (χ3n) is 8.64. The van der Waals surface area contributed by atoms with E-state index >= 15 is 0 Å². The van der Waals surface area contributed by atoms with Crippen LogP contribution in [0.1, 0.15) is 78.1 Å². The van der Waals surface area contributed by atoms with Crippen molar-refractivity contribution >= 4 is 73.4 Å². The van der Waals surface area contributed by atoms with Crippen LogP contribution in [0.15, 0.2) is 89.1 Å². The van der Waals surface area contributed by atoms with E-state index in [0.717, 1.165) is 11.2 Å². The predicted octanol–water partition coefficient (Wildman–Crippen LogP) is 6.01. The molecule has 2 aliphatic heterocycles. The number of aromatic nitrogens is 8. The average molecular weight is 891 g/mol. The van der Waals surface area contributed by atoms with Gasteiger partial charge in [0.15, 0.2) is 11.6 Å². The van der Waals surface area contributed by atoms with Crippen LogP contribution in [0.5, 0.6) is 0 Å². The van der Waals surface area contributed by atoms with Crippen molar-refractivity contribution in [3.8, 4) is 5.82 Å². The first-order chi connectivity index (χ1) is 26.9. The number of halogens is 2. The lowest BCUT2D eigenvalue weighted by molar-refractivity contribution is -0.904. The number of carbonyl (C=O) groups is 2. The summed E-state index contributed by atoms with van der Waals surface area (Å²) in [7, 11) is 0. The topological polar surface area (TPSA) is 186 Å². The molecule has 316 valence electrons. The third kappa shape index (κ3) is 10.7. The fourth-order valence-corrected chi connectivity index (χ4v) is 6.38. The first-order valence-electron chi connectivity index (χ1n) is 18.0. The van der Waals surface area contributed by atoms with Gasteiger partial charge in [-0.2, -0.15) is 37.2 Å². The molecule has 2 saturated heterocycles. The Kier molecular flexibility index (Phi) is 14.8. The summed E-state index contributed by atoms with van der Waals surface area (Å²) in [6.45, 7) is 12.0. The van der Waals surface area contributed by atoms with Crippen molar-refractivity contribution in [1.82, 2.24) is 43.6 Å². The van der Waals surface area contributed by atoms with E-state index in [2.05, 4.69) is 20.2 Å². The van der Waals surface area contributed by atoms with Crippen LogP contribution >= 0.6 is 50.2 Å². The Morgan fingerprint density at radius 3 is 1.80 bits per heavy atom. The van der Waals surface area contributed by atoms with Gasteiger partial charge in [-0.1, -0.05) is 35.3 Å². The molecular weight excluding hydrogens is 844 g/mol. The molecule has 0 aromatic carbocycles. The molecule has 6 aromatic heterocycles. The molecule has 0 radical (unpaired) electrons. The van der Waals surface area contributed by atoms with Crippen LogP contribution in [-0.2, 0) is 9.47 Å². The lowest BCUT2D eigenvalue weighted by atomic mass is 10.0. The second-order valence-corrected chi connectivity index (χ2v) is 16.0. The van der Waals surface area contributed by atoms with Crippen LogP contribution in [0, 0.1) is 0 Å². The van der Waals surface area contributed by atoms with Gasteiger partial charge in [0.25, 0.3) is 11.1 Å². The predicted molar refractivity (Wildman–Crippen MR) is 230 cm³/mol. The van der Waals surface area contributed by atoms with Crippen molar-refractivity contribution < 1.29 is 29.0 Å². The van der Waals surface area contributed by atoms with Gasteiger partial charge in [-0.25, -0.2) is 28.2 Å². The molecule has 21 heteroatoms. The maximum Gasteiger partial charge on any atom is 0.410 e. The van der Waals surface area contributed by atoms with Crippen molar-refractivity contribution in [3.63, 3.8) is 0 Å². The normalized spacial score (nSPS) is 15.9. The van der Waals surface area contributed by atoms with Gasteiger partial charge in [-0.15, -0.1) is 0 Å². The fourth-order valence-electron chi connectivity index (χ4n) is 5.93. The van der Waals surface area contributed by atoms with Crippen LogP contribution in [0.2, 0.25) is 10.0 Å². The number of ether oxygens (including phenoxy) is 2. The average Bonchev–Trinajstić information content (AvgIpc) is 3.65. The Morgan fingerprint density at radius 1 is 0.780 bits per heavy atom. The molecule has 0 aliphatic carbocycles. The molecule has 0 unspecified atom stereocenters. The number of aromatic amines is 1. The molecule has 8 rings (SSSR count). The number of amides is 2. The van der Waals surface area contributed by atoms with Crippen molar-refractivity contribution in [1.29, 1.82) is 0 Å². The van der Waals surface area contributed by atoms with Crippen LogP contribution in [0.4, 0.5) is 9.59 Å². The Morgan fingerprint density at radius 2 is 1.32 bits per heavy atom. The van der Waals surface area contributed by atoms with Crippen molar-refractivity contribution in [2.75, 3.05) is 13.1 Å².